The quantitative estimate of drug-likeness (QED) is 0.0792. The van der Waals surface area contributed by atoms with Crippen molar-refractivity contribution in [2.45, 2.75) is 59.2 Å². The largest absolute Gasteiger partial charge is 0.417 e. The van der Waals surface area contributed by atoms with Gasteiger partial charge < -0.3 is 25.7 Å². The van der Waals surface area contributed by atoms with Gasteiger partial charge in [0.1, 0.15) is 5.00 Å². The van der Waals surface area contributed by atoms with E-state index in [9.17, 15) is 37.8 Å². The predicted molar refractivity (Wildman–Crippen MR) is 192 cm³/mol. The maximum absolute atomic E-state index is 13.6. The molecule has 0 spiro atoms. The summed E-state index contributed by atoms with van der Waals surface area (Å²) in [6, 6.07) is 10.4. The van der Waals surface area contributed by atoms with Gasteiger partial charge in [-0.1, -0.05) is 43.6 Å². The molecule has 0 radical (unpaired) electrons. The molecular weight excluding hydrogens is 707 g/mol. The lowest BCUT2D eigenvalue weighted by Gasteiger charge is -2.29. The Morgan fingerprint density at radius 3 is 2.51 bits per heavy atom. The first kappa shape index (κ1) is 40.0. The lowest BCUT2D eigenvalue weighted by atomic mass is 9.77. The van der Waals surface area contributed by atoms with Crippen LogP contribution in [0, 0.1) is 10.8 Å². The van der Waals surface area contributed by atoms with Gasteiger partial charge in [0.05, 0.1) is 41.0 Å². The molecule has 0 saturated heterocycles. The lowest BCUT2D eigenvalue weighted by molar-refractivity contribution is -0.137. The van der Waals surface area contributed by atoms with Crippen molar-refractivity contribution in [1.82, 2.24) is 15.6 Å². The van der Waals surface area contributed by atoms with Crippen molar-refractivity contribution in [1.29, 1.82) is 0 Å². The van der Waals surface area contributed by atoms with Gasteiger partial charge in [-0.25, -0.2) is 5.43 Å². The van der Waals surface area contributed by atoms with E-state index in [2.05, 4.69) is 35.0 Å². The third-order valence-electron chi connectivity index (χ3n) is 8.80. The number of nitrogens with zero attached hydrogens (tertiary/aromatic N) is 2. The minimum Gasteiger partial charge on any atom is -0.395 e. The molecule has 5 N–H and O–H groups in total. The van der Waals surface area contributed by atoms with Crippen molar-refractivity contribution in [3.05, 3.63) is 85.7 Å². The van der Waals surface area contributed by atoms with Gasteiger partial charge in [0, 0.05) is 23.5 Å². The predicted octanol–water partition coefficient (Wildman–Crippen LogP) is 5.88. The van der Waals surface area contributed by atoms with Crippen LogP contribution < -0.4 is 16.1 Å². The van der Waals surface area contributed by atoms with Crippen molar-refractivity contribution in [2.24, 2.45) is 15.9 Å². The lowest BCUT2D eigenvalue weighted by Crippen LogP contribution is -2.44. The van der Waals surface area contributed by atoms with Crippen LogP contribution in [0.4, 0.5) is 18.2 Å². The smallest absolute Gasteiger partial charge is 0.395 e. The first-order valence-electron chi connectivity index (χ1n) is 16.4. The average molecular weight is 750 g/mol. The first-order valence-corrected chi connectivity index (χ1v) is 17.6. The van der Waals surface area contributed by atoms with E-state index in [0.29, 0.717) is 49.5 Å². The molecule has 2 aromatic carbocycles. The van der Waals surface area contributed by atoms with Crippen LogP contribution >= 0.6 is 22.9 Å². The van der Waals surface area contributed by atoms with Crippen molar-refractivity contribution in [3.63, 3.8) is 0 Å². The van der Waals surface area contributed by atoms with E-state index < -0.39 is 53.1 Å². The molecule has 1 heterocycles. The maximum atomic E-state index is 13.6. The van der Waals surface area contributed by atoms with Gasteiger partial charge >= 0.3 is 6.18 Å². The van der Waals surface area contributed by atoms with Crippen LogP contribution in [0.15, 0.2) is 47.6 Å². The fourth-order valence-electron chi connectivity index (χ4n) is 5.63. The number of aliphatic hydroxyl groups is 2. The maximum Gasteiger partial charge on any atom is 0.417 e. The monoisotopic (exact) mass is 749 g/mol. The standard InChI is InChI=1S/C36H43ClF3N5O5S/c1-34(2)12-11-25-28(17-34)51-32(29(25)31(49)44-42-18-22-9-10-27(37)26(16-22)36(38,39)40)43-30(48)24-8-5-7-23(15-24)19-45(4)14-6-13-41-33(50)35(3,20-46)21-47/h5,7-10,15-16,18,46-47H,6,11-14,17,19-21H2,1-4H3,(H,41,50)(H,43,48)(H,44,49)/b42-18+. The Balaban J connectivity index is 1.44. The molecule has 0 unspecified atom stereocenters. The Kier molecular flexibility index (Phi) is 13.1. The van der Waals surface area contributed by atoms with Gasteiger partial charge in [0.25, 0.3) is 11.8 Å². The molecule has 276 valence electrons. The van der Waals surface area contributed by atoms with E-state index in [1.165, 1.54) is 24.3 Å². The summed E-state index contributed by atoms with van der Waals surface area (Å²) in [6.45, 7) is 6.36. The van der Waals surface area contributed by atoms with E-state index in [-0.39, 0.29) is 16.5 Å². The zero-order chi connectivity index (χ0) is 37.6. The molecule has 10 nitrogen and oxygen atoms in total. The minimum absolute atomic E-state index is 0.00119. The van der Waals surface area contributed by atoms with E-state index in [1.54, 1.807) is 18.2 Å². The number of nitrogens with one attached hydrogen (secondary N) is 3. The molecule has 1 aliphatic rings. The summed E-state index contributed by atoms with van der Waals surface area (Å²) < 4.78 is 39.9. The minimum atomic E-state index is -4.65. The van der Waals surface area contributed by atoms with Gasteiger partial charge in [-0.15, -0.1) is 11.3 Å². The van der Waals surface area contributed by atoms with Crippen LogP contribution in [-0.4, -0.2) is 72.4 Å². The summed E-state index contributed by atoms with van der Waals surface area (Å²) in [5, 5.41) is 28.3. The Hall–Kier alpha value is -3.82. The van der Waals surface area contributed by atoms with Crippen molar-refractivity contribution >= 4 is 51.9 Å². The zero-order valence-corrected chi connectivity index (χ0v) is 30.5. The number of carbonyl (C=O) groups excluding carboxylic acids is 3. The number of amides is 3. The Morgan fingerprint density at radius 2 is 1.82 bits per heavy atom. The highest BCUT2D eigenvalue weighted by Gasteiger charge is 2.35. The van der Waals surface area contributed by atoms with E-state index >= 15 is 0 Å². The third-order valence-corrected chi connectivity index (χ3v) is 10.3. The Bertz CT molecular complexity index is 1770. The van der Waals surface area contributed by atoms with Crippen LogP contribution in [0.5, 0.6) is 0 Å². The molecule has 0 atom stereocenters. The van der Waals surface area contributed by atoms with Gasteiger partial charge in [-0.2, -0.15) is 18.3 Å². The van der Waals surface area contributed by atoms with Crippen molar-refractivity contribution in [2.75, 3.05) is 38.7 Å². The molecule has 0 aliphatic heterocycles. The number of halogens is 4. The summed E-state index contributed by atoms with van der Waals surface area (Å²) >= 11 is 7.05. The number of rotatable bonds is 14. The second-order valence-corrected chi connectivity index (χ2v) is 15.4. The number of hydrazone groups is 1. The van der Waals surface area contributed by atoms with Gasteiger partial charge in [0.2, 0.25) is 5.91 Å². The molecule has 3 amide bonds. The molecule has 1 aromatic heterocycles. The molecule has 15 heteroatoms. The van der Waals surface area contributed by atoms with E-state index in [4.69, 9.17) is 11.6 Å². The number of hydrogen-bond donors (Lipinski definition) is 5. The summed E-state index contributed by atoms with van der Waals surface area (Å²) in [5.41, 5.74) is 2.62. The molecule has 3 aromatic rings. The molecule has 0 fully saturated rings. The fourth-order valence-corrected chi connectivity index (χ4v) is 7.35. The highest BCUT2D eigenvalue weighted by atomic mass is 35.5. The van der Waals surface area contributed by atoms with Crippen molar-refractivity contribution < 1.29 is 37.8 Å². The molecular formula is C36H43ClF3N5O5S. The summed E-state index contributed by atoms with van der Waals surface area (Å²) in [6.07, 6.45) is -0.773. The van der Waals surface area contributed by atoms with E-state index in [0.717, 1.165) is 40.8 Å². The van der Waals surface area contributed by atoms with Crippen LogP contribution in [0.3, 0.4) is 0 Å². The molecule has 4 rings (SSSR count). The van der Waals surface area contributed by atoms with Crippen LogP contribution in [0.2, 0.25) is 5.02 Å². The highest BCUT2D eigenvalue weighted by molar-refractivity contribution is 7.17. The summed E-state index contributed by atoms with van der Waals surface area (Å²) in [7, 11) is 1.91. The fraction of sp³-hybridized carbons (Fsp3) is 0.444. The molecule has 0 saturated carbocycles. The number of hydrogen-bond acceptors (Lipinski definition) is 8. The van der Waals surface area contributed by atoms with E-state index in [1.807, 2.05) is 18.0 Å². The second kappa shape index (κ2) is 16.7. The topological polar surface area (TPSA) is 143 Å². The van der Waals surface area contributed by atoms with Crippen LogP contribution in [0.25, 0.3) is 0 Å². The number of alkyl halides is 3. The van der Waals surface area contributed by atoms with Crippen LogP contribution in [0.1, 0.15) is 81.5 Å². The van der Waals surface area contributed by atoms with Gasteiger partial charge in [-0.05, 0) is 92.6 Å². The van der Waals surface area contributed by atoms with Gasteiger partial charge in [0.15, 0.2) is 0 Å². The first-order chi connectivity index (χ1) is 24.0. The number of benzene rings is 2. The Labute approximate surface area is 304 Å². The summed E-state index contributed by atoms with van der Waals surface area (Å²) in [5.74, 6) is -1.42. The Morgan fingerprint density at radius 1 is 1.10 bits per heavy atom. The number of thiophene rings is 1. The molecule has 1 aliphatic carbocycles. The van der Waals surface area contributed by atoms with Crippen LogP contribution in [-0.2, 0) is 30.4 Å². The molecule has 51 heavy (non-hydrogen) atoms. The third kappa shape index (κ3) is 10.4. The number of anilines is 1. The number of fused-ring (bicyclic) bond motifs is 1. The summed E-state index contributed by atoms with van der Waals surface area (Å²) in [4.78, 5) is 42.3. The molecule has 0 bridgehead atoms. The van der Waals surface area contributed by atoms with Crippen molar-refractivity contribution in [3.8, 4) is 0 Å². The SMILES string of the molecule is CN(CCCNC(=O)C(C)(CO)CO)Cc1cccc(C(=O)Nc2sc3c(c2C(=O)N/N=C/c2ccc(Cl)c(C(F)(F)F)c2)CCC(C)(C)C3)c1. The number of carbonyl (C=O) groups is 3. The van der Waals surface area contributed by atoms with Gasteiger partial charge in [-0.3, -0.25) is 14.4 Å². The zero-order valence-electron chi connectivity index (χ0n) is 28.9. The normalized spacial score (nSPS) is 14.4. The highest BCUT2D eigenvalue weighted by Crippen LogP contribution is 2.44. The second-order valence-electron chi connectivity index (χ2n) is 13.9. The average Bonchev–Trinajstić information content (AvgIpc) is 3.42. The number of aliphatic hydroxyl groups excluding tert-OH is 2.